The maximum atomic E-state index is 8.76. The molecule has 1 aromatic carbocycles. The smallest absolute Gasteiger partial charge is 0.162 e. The molecule has 0 bridgehead atoms. The van der Waals surface area contributed by atoms with Crippen molar-refractivity contribution in [2.45, 2.75) is 6.92 Å². The third-order valence-corrected chi connectivity index (χ3v) is 1.97. The number of nitrogens with zero attached hydrogens (tertiary/aromatic N) is 1. The van der Waals surface area contributed by atoms with Crippen molar-refractivity contribution in [3.63, 3.8) is 0 Å². The largest absolute Gasteiger partial charge is 0.490 e. The second-order valence-electron chi connectivity index (χ2n) is 2.88. The molecule has 0 heterocycles. The van der Waals surface area contributed by atoms with E-state index >= 15 is 0 Å². The zero-order valence-corrected chi connectivity index (χ0v) is 9.70. The molecule has 0 atom stereocenters. The summed E-state index contributed by atoms with van der Waals surface area (Å²) in [6.45, 7) is 2.77. The van der Waals surface area contributed by atoms with Crippen LogP contribution in [0.3, 0.4) is 0 Å². The van der Waals surface area contributed by atoms with E-state index < -0.39 is 0 Å². The molecule has 4 heteroatoms. The summed E-state index contributed by atoms with van der Waals surface area (Å²) < 4.78 is 10.8. The molecule has 3 nitrogen and oxygen atoms in total. The Morgan fingerprint density at radius 2 is 2.19 bits per heavy atom. The van der Waals surface area contributed by atoms with Gasteiger partial charge in [0.2, 0.25) is 0 Å². The van der Waals surface area contributed by atoms with E-state index in [0.29, 0.717) is 30.3 Å². The van der Waals surface area contributed by atoms with Crippen molar-refractivity contribution in [1.29, 1.82) is 5.26 Å². The maximum absolute atomic E-state index is 8.76. The lowest BCUT2D eigenvalue weighted by atomic mass is 10.2. The van der Waals surface area contributed by atoms with Crippen molar-refractivity contribution in [3.05, 3.63) is 35.4 Å². The molecule has 0 fully saturated rings. The third-order valence-electron chi connectivity index (χ3n) is 1.80. The molecule has 0 unspecified atom stereocenters. The normalized spacial score (nSPS) is 10.1. The number of nitriles is 1. The minimum Gasteiger partial charge on any atom is -0.490 e. The highest BCUT2D eigenvalue weighted by Gasteiger charge is 2.05. The first-order chi connectivity index (χ1) is 7.81. The van der Waals surface area contributed by atoms with Crippen LogP contribution in [0.5, 0.6) is 11.5 Å². The molecule has 84 valence electrons. The SMILES string of the molecule is CCOc1cc(C#N)ccc1OCC=CCl. The summed E-state index contributed by atoms with van der Waals surface area (Å²) >= 11 is 5.38. The van der Waals surface area contributed by atoms with Gasteiger partial charge in [0, 0.05) is 11.6 Å². The number of benzene rings is 1. The Hall–Kier alpha value is -1.66. The van der Waals surface area contributed by atoms with Gasteiger partial charge in [0.25, 0.3) is 0 Å². The van der Waals surface area contributed by atoms with Crippen LogP contribution in [-0.2, 0) is 0 Å². The van der Waals surface area contributed by atoms with Crippen molar-refractivity contribution < 1.29 is 9.47 Å². The van der Waals surface area contributed by atoms with E-state index in [-0.39, 0.29) is 0 Å². The fraction of sp³-hybridized carbons (Fsp3) is 0.250. The molecule has 1 rings (SSSR count). The van der Waals surface area contributed by atoms with Gasteiger partial charge in [-0.3, -0.25) is 0 Å². The second kappa shape index (κ2) is 6.76. The van der Waals surface area contributed by atoms with Gasteiger partial charge in [-0.1, -0.05) is 11.6 Å². The molecule has 0 radical (unpaired) electrons. The Morgan fingerprint density at radius 3 is 2.81 bits per heavy atom. The number of hydrogen-bond acceptors (Lipinski definition) is 3. The van der Waals surface area contributed by atoms with Gasteiger partial charge in [-0.15, -0.1) is 0 Å². The van der Waals surface area contributed by atoms with Crippen LogP contribution in [0.4, 0.5) is 0 Å². The highest BCUT2D eigenvalue weighted by molar-refractivity contribution is 6.25. The highest BCUT2D eigenvalue weighted by atomic mass is 35.5. The first-order valence-corrected chi connectivity index (χ1v) is 5.30. The monoisotopic (exact) mass is 237 g/mol. The number of hydrogen-bond donors (Lipinski definition) is 0. The van der Waals surface area contributed by atoms with Crippen LogP contribution in [0, 0.1) is 11.3 Å². The number of ether oxygens (including phenoxy) is 2. The average Bonchev–Trinajstić information content (AvgIpc) is 2.31. The van der Waals surface area contributed by atoms with E-state index in [1.54, 1.807) is 24.3 Å². The molecule has 0 N–H and O–H groups in total. The standard InChI is InChI=1S/C12H12ClNO2/c1-2-15-12-8-10(9-14)4-5-11(12)16-7-3-6-13/h3-6,8H,2,7H2,1H3. The maximum Gasteiger partial charge on any atom is 0.162 e. The molecular formula is C12H12ClNO2. The lowest BCUT2D eigenvalue weighted by Gasteiger charge is -2.10. The van der Waals surface area contributed by atoms with Crippen LogP contribution in [0.15, 0.2) is 29.8 Å². The Balaban J connectivity index is 2.85. The Morgan fingerprint density at radius 1 is 1.38 bits per heavy atom. The van der Waals surface area contributed by atoms with Crippen LogP contribution in [0.2, 0.25) is 0 Å². The lowest BCUT2D eigenvalue weighted by Crippen LogP contribution is -1.99. The van der Waals surface area contributed by atoms with Gasteiger partial charge in [0.15, 0.2) is 11.5 Å². The topological polar surface area (TPSA) is 42.2 Å². The van der Waals surface area contributed by atoms with Crippen molar-refractivity contribution in [3.8, 4) is 17.6 Å². The molecule has 1 aromatic rings. The van der Waals surface area contributed by atoms with Gasteiger partial charge < -0.3 is 9.47 Å². The molecule has 0 aromatic heterocycles. The summed E-state index contributed by atoms with van der Waals surface area (Å²) in [5.41, 5.74) is 1.94. The van der Waals surface area contributed by atoms with E-state index in [4.69, 9.17) is 26.3 Å². The van der Waals surface area contributed by atoms with Crippen LogP contribution in [0.25, 0.3) is 0 Å². The van der Waals surface area contributed by atoms with Crippen molar-refractivity contribution >= 4 is 11.6 Å². The van der Waals surface area contributed by atoms with Crippen molar-refractivity contribution in [1.82, 2.24) is 0 Å². The fourth-order valence-corrected chi connectivity index (χ4v) is 1.21. The lowest BCUT2D eigenvalue weighted by molar-refractivity contribution is 0.297. The Kier molecular flexibility index (Phi) is 5.24. The first kappa shape index (κ1) is 12.4. The summed E-state index contributed by atoms with van der Waals surface area (Å²) in [4.78, 5) is 0. The Labute approximate surface area is 99.9 Å². The minimum atomic E-state index is 0.371. The fourth-order valence-electron chi connectivity index (χ4n) is 1.14. The molecule has 0 aliphatic rings. The summed E-state index contributed by atoms with van der Waals surface area (Å²) in [5, 5.41) is 8.76. The molecule has 0 saturated heterocycles. The van der Waals surface area contributed by atoms with Crippen molar-refractivity contribution in [2.75, 3.05) is 13.2 Å². The zero-order chi connectivity index (χ0) is 11.8. The molecule has 0 saturated carbocycles. The van der Waals surface area contributed by atoms with Gasteiger partial charge in [-0.25, -0.2) is 0 Å². The van der Waals surface area contributed by atoms with E-state index in [9.17, 15) is 0 Å². The minimum absolute atomic E-state index is 0.371. The van der Waals surface area contributed by atoms with E-state index in [1.807, 2.05) is 13.0 Å². The van der Waals surface area contributed by atoms with Gasteiger partial charge in [-0.05, 0) is 25.1 Å². The zero-order valence-electron chi connectivity index (χ0n) is 8.94. The second-order valence-corrected chi connectivity index (χ2v) is 3.13. The molecule has 0 amide bonds. The van der Waals surface area contributed by atoms with Crippen LogP contribution in [0.1, 0.15) is 12.5 Å². The predicted octanol–water partition coefficient (Wildman–Crippen LogP) is 3.09. The van der Waals surface area contributed by atoms with Crippen LogP contribution >= 0.6 is 11.6 Å². The van der Waals surface area contributed by atoms with E-state index in [2.05, 4.69) is 0 Å². The average molecular weight is 238 g/mol. The molecule has 0 aliphatic heterocycles. The van der Waals surface area contributed by atoms with E-state index in [1.165, 1.54) is 5.54 Å². The molecular weight excluding hydrogens is 226 g/mol. The van der Waals surface area contributed by atoms with Gasteiger partial charge in [0.1, 0.15) is 6.61 Å². The van der Waals surface area contributed by atoms with Gasteiger partial charge in [-0.2, -0.15) is 5.26 Å². The first-order valence-electron chi connectivity index (χ1n) is 4.86. The molecule has 0 spiro atoms. The molecule has 0 aliphatic carbocycles. The van der Waals surface area contributed by atoms with Crippen LogP contribution < -0.4 is 9.47 Å². The number of rotatable bonds is 5. The summed E-state index contributed by atoms with van der Waals surface area (Å²) in [7, 11) is 0. The Bertz CT molecular complexity index is 410. The van der Waals surface area contributed by atoms with Crippen molar-refractivity contribution in [2.24, 2.45) is 0 Å². The quantitative estimate of drug-likeness (QED) is 0.790. The summed E-state index contributed by atoms with van der Waals surface area (Å²) in [6.07, 6.45) is 1.68. The van der Waals surface area contributed by atoms with Gasteiger partial charge in [0.05, 0.1) is 18.2 Å². The summed E-state index contributed by atoms with van der Waals surface area (Å²) in [6, 6.07) is 7.10. The van der Waals surface area contributed by atoms with Crippen LogP contribution in [-0.4, -0.2) is 13.2 Å². The molecule has 16 heavy (non-hydrogen) atoms. The van der Waals surface area contributed by atoms with Gasteiger partial charge >= 0.3 is 0 Å². The third kappa shape index (κ3) is 3.48. The number of halogens is 1. The highest BCUT2D eigenvalue weighted by Crippen LogP contribution is 2.28. The predicted molar refractivity (Wildman–Crippen MR) is 62.8 cm³/mol. The van der Waals surface area contributed by atoms with E-state index in [0.717, 1.165) is 0 Å². The summed E-state index contributed by atoms with van der Waals surface area (Å²) in [5.74, 6) is 1.18.